The number of nitrogens with zero attached hydrogens (tertiary/aromatic N) is 5. The van der Waals surface area contributed by atoms with Gasteiger partial charge in [-0.2, -0.15) is 9.97 Å². The standard InChI is InChI=1S/C29H31F2N7OS/c30-17-11-29(8-1-9-37(29)14-17)15-39-28-34-23-10-16(20-6-7-22(31)25-24(20)35-27(32)40-25)2-5-21(23)26(36-28)38-18-3-4-19(38)13-33-12-18/h2,5-7,10,17-19,33H,1,3-4,8-9,11-15H2,(H2,32,35)/t17-,18?,19?,29+/m1/s1. The van der Waals surface area contributed by atoms with E-state index >= 15 is 0 Å². The highest BCUT2D eigenvalue weighted by atomic mass is 32.1. The van der Waals surface area contributed by atoms with E-state index in [2.05, 4.69) is 26.2 Å². The van der Waals surface area contributed by atoms with Crippen LogP contribution in [0.2, 0.25) is 0 Å². The fourth-order valence-electron chi connectivity index (χ4n) is 7.52. The van der Waals surface area contributed by atoms with E-state index in [0.29, 0.717) is 53.0 Å². The lowest BCUT2D eigenvalue weighted by atomic mass is 9.95. The predicted molar refractivity (Wildman–Crippen MR) is 153 cm³/mol. The molecule has 0 aliphatic carbocycles. The Morgan fingerprint density at radius 2 is 1.98 bits per heavy atom. The van der Waals surface area contributed by atoms with Crippen LogP contribution in [-0.4, -0.2) is 76.4 Å². The highest BCUT2D eigenvalue weighted by Gasteiger charge is 2.49. The average molecular weight is 564 g/mol. The summed E-state index contributed by atoms with van der Waals surface area (Å²) in [7, 11) is 0. The fourth-order valence-corrected chi connectivity index (χ4v) is 8.28. The van der Waals surface area contributed by atoms with E-state index in [1.165, 1.54) is 6.07 Å². The molecule has 2 aromatic heterocycles. The van der Waals surface area contributed by atoms with Gasteiger partial charge >= 0.3 is 6.01 Å². The fraction of sp³-hybridized carbons (Fsp3) is 0.483. The number of alkyl halides is 1. The molecule has 2 unspecified atom stereocenters. The molecule has 0 saturated carbocycles. The monoisotopic (exact) mass is 563 g/mol. The number of ether oxygens (including phenoxy) is 1. The SMILES string of the molecule is Nc1nc2c(-c3ccc4c(N5C6CCC5CNC6)nc(OC[C@@]56CCCN5C[C@H](F)C6)nc4c3)ccc(F)c2s1. The molecule has 4 fully saturated rings. The highest BCUT2D eigenvalue weighted by Crippen LogP contribution is 2.42. The zero-order valence-corrected chi connectivity index (χ0v) is 22.9. The van der Waals surface area contributed by atoms with Crippen molar-refractivity contribution in [2.45, 2.75) is 55.9 Å². The number of fused-ring (bicyclic) bond motifs is 5. The van der Waals surface area contributed by atoms with Crippen LogP contribution in [0.1, 0.15) is 32.1 Å². The summed E-state index contributed by atoms with van der Waals surface area (Å²) in [5, 5.41) is 4.84. The number of benzene rings is 2. The highest BCUT2D eigenvalue weighted by molar-refractivity contribution is 7.22. The van der Waals surface area contributed by atoms with Crippen molar-refractivity contribution in [1.29, 1.82) is 0 Å². The van der Waals surface area contributed by atoms with Gasteiger partial charge in [-0.05, 0) is 62.1 Å². The summed E-state index contributed by atoms with van der Waals surface area (Å²) in [6.45, 7) is 3.61. The van der Waals surface area contributed by atoms with Crippen molar-refractivity contribution in [3.63, 3.8) is 0 Å². The number of anilines is 2. The summed E-state index contributed by atoms with van der Waals surface area (Å²) in [6.07, 6.45) is 3.90. The smallest absolute Gasteiger partial charge is 0.319 e. The molecule has 208 valence electrons. The molecule has 3 N–H and O–H groups in total. The maximum atomic E-state index is 14.5. The number of hydrogen-bond donors (Lipinski definition) is 2. The van der Waals surface area contributed by atoms with Crippen molar-refractivity contribution in [2.24, 2.45) is 0 Å². The summed E-state index contributed by atoms with van der Waals surface area (Å²) in [5.74, 6) is 0.559. The van der Waals surface area contributed by atoms with Crippen molar-refractivity contribution >= 4 is 43.4 Å². The van der Waals surface area contributed by atoms with Crippen LogP contribution in [0.4, 0.5) is 19.7 Å². The Morgan fingerprint density at radius 3 is 2.83 bits per heavy atom. The van der Waals surface area contributed by atoms with Crippen molar-refractivity contribution < 1.29 is 13.5 Å². The number of hydrogen-bond acceptors (Lipinski definition) is 9. The molecule has 0 spiro atoms. The van der Waals surface area contributed by atoms with Crippen molar-refractivity contribution in [1.82, 2.24) is 25.2 Å². The van der Waals surface area contributed by atoms with E-state index in [-0.39, 0.29) is 11.4 Å². The van der Waals surface area contributed by atoms with Crippen molar-refractivity contribution in [3.8, 4) is 17.1 Å². The molecule has 6 heterocycles. The van der Waals surface area contributed by atoms with Crippen LogP contribution < -0.4 is 20.7 Å². The largest absolute Gasteiger partial charge is 0.461 e. The van der Waals surface area contributed by atoms with Gasteiger partial charge in [-0.15, -0.1) is 0 Å². The molecule has 4 aliphatic rings. The molecule has 2 aromatic carbocycles. The van der Waals surface area contributed by atoms with Crippen LogP contribution in [0.15, 0.2) is 30.3 Å². The first-order chi connectivity index (χ1) is 19.5. The molecule has 11 heteroatoms. The Balaban J connectivity index is 1.23. The molecule has 2 bridgehead atoms. The molecule has 0 radical (unpaired) electrons. The van der Waals surface area contributed by atoms with E-state index < -0.39 is 6.17 Å². The molecule has 8 nitrogen and oxygen atoms in total. The lowest BCUT2D eigenvalue weighted by Gasteiger charge is -2.37. The minimum absolute atomic E-state index is 0.280. The molecule has 4 aliphatic heterocycles. The minimum Gasteiger partial charge on any atom is -0.461 e. The molecule has 4 atom stereocenters. The summed E-state index contributed by atoms with van der Waals surface area (Å²) in [5.41, 5.74) is 8.65. The Morgan fingerprint density at radius 1 is 1.12 bits per heavy atom. The summed E-state index contributed by atoms with van der Waals surface area (Å²) >= 11 is 1.15. The number of nitrogens with one attached hydrogen (secondary N) is 1. The van der Waals surface area contributed by atoms with Gasteiger partial charge in [0.25, 0.3) is 0 Å². The van der Waals surface area contributed by atoms with E-state index in [4.69, 9.17) is 20.4 Å². The first-order valence-electron chi connectivity index (χ1n) is 14.2. The second-order valence-corrected chi connectivity index (χ2v) is 12.7. The number of rotatable bonds is 5. The van der Waals surface area contributed by atoms with E-state index in [1.807, 2.05) is 12.1 Å². The molecule has 4 saturated heterocycles. The Hall–Kier alpha value is -3.15. The summed E-state index contributed by atoms with van der Waals surface area (Å²) in [6, 6.07) is 10.3. The van der Waals surface area contributed by atoms with Crippen LogP contribution >= 0.6 is 11.3 Å². The Labute approximate surface area is 234 Å². The third-order valence-corrected chi connectivity index (χ3v) is 10.2. The number of halogens is 2. The number of nitrogens with two attached hydrogens (primary N) is 1. The topological polar surface area (TPSA) is 92.4 Å². The van der Waals surface area contributed by atoms with Gasteiger partial charge in [0.05, 0.1) is 21.3 Å². The van der Waals surface area contributed by atoms with Gasteiger partial charge in [0.15, 0.2) is 5.13 Å². The van der Waals surface area contributed by atoms with Gasteiger partial charge in [0.2, 0.25) is 0 Å². The zero-order chi connectivity index (χ0) is 27.0. The number of thiazole rings is 1. The average Bonchev–Trinajstić information content (AvgIpc) is 3.66. The van der Waals surface area contributed by atoms with E-state index in [1.54, 1.807) is 6.07 Å². The van der Waals surface area contributed by atoms with Crippen LogP contribution in [0.5, 0.6) is 6.01 Å². The number of aromatic nitrogens is 3. The maximum absolute atomic E-state index is 14.5. The lowest BCUT2D eigenvalue weighted by Crippen LogP contribution is -2.52. The van der Waals surface area contributed by atoms with Crippen LogP contribution in [0.25, 0.3) is 32.2 Å². The quantitative estimate of drug-likeness (QED) is 0.366. The molecular weight excluding hydrogens is 532 g/mol. The molecule has 40 heavy (non-hydrogen) atoms. The van der Waals surface area contributed by atoms with E-state index in [9.17, 15) is 8.78 Å². The lowest BCUT2D eigenvalue weighted by molar-refractivity contribution is 0.107. The third-order valence-electron chi connectivity index (χ3n) is 9.33. The van der Waals surface area contributed by atoms with Crippen molar-refractivity contribution in [3.05, 3.63) is 36.1 Å². The first-order valence-corrected chi connectivity index (χ1v) is 15.0. The Kier molecular flexibility index (Phi) is 5.66. The van der Waals surface area contributed by atoms with Crippen LogP contribution in [0, 0.1) is 5.82 Å². The molecule has 4 aromatic rings. The normalized spacial score (nSPS) is 28.1. The van der Waals surface area contributed by atoms with Gasteiger partial charge in [-0.25, -0.2) is 13.8 Å². The van der Waals surface area contributed by atoms with E-state index in [0.717, 1.165) is 84.5 Å². The van der Waals surface area contributed by atoms with Crippen LogP contribution in [0.3, 0.4) is 0 Å². The summed E-state index contributed by atoms with van der Waals surface area (Å²) in [4.78, 5) is 19.0. The van der Waals surface area contributed by atoms with Gasteiger partial charge < -0.3 is 20.7 Å². The zero-order valence-electron chi connectivity index (χ0n) is 22.1. The van der Waals surface area contributed by atoms with Gasteiger partial charge in [-0.3, -0.25) is 4.90 Å². The molecular formula is C29H31F2N7OS. The first kappa shape index (κ1) is 24.6. The minimum atomic E-state index is -0.816. The Bertz CT molecular complexity index is 1620. The second kappa shape index (κ2) is 9.19. The second-order valence-electron chi connectivity index (χ2n) is 11.7. The molecule has 8 rings (SSSR count). The summed E-state index contributed by atoms with van der Waals surface area (Å²) < 4.78 is 35.7. The maximum Gasteiger partial charge on any atom is 0.319 e. The van der Waals surface area contributed by atoms with Gasteiger partial charge in [-0.1, -0.05) is 17.4 Å². The third kappa shape index (κ3) is 3.85. The van der Waals surface area contributed by atoms with Crippen molar-refractivity contribution in [2.75, 3.05) is 43.4 Å². The van der Waals surface area contributed by atoms with Crippen LogP contribution in [-0.2, 0) is 0 Å². The predicted octanol–water partition coefficient (Wildman–Crippen LogP) is 4.52. The number of piperazine rings is 1. The van der Waals surface area contributed by atoms with Gasteiger partial charge in [0, 0.05) is 49.1 Å². The van der Waals surface area contributed by atoms with Gasteiger partial charge in [0.1, 0.15) is 24.4 Å². The number of nitrogen functional groups attached to an aromatic ring is 1. The molecule has 0 amide bonds.